The lowest BCUT2D eigenvalue weighted by Crippen LogP contribution is -2.41. The number of unbranched alkanes of at least 4 members (excludes halogenated alkanes) is 1. The average molecular weight is 240 g/mol. The van der Waals surface area contributed by atoms with Crippen molar-refractivity contribution in [3.63, 3.8) is 0 Å². The molecule has 4 unspecified atom stereocenters. The lowest BCUT2D eigenvalue weighted by Gasteiger charge is -2.27. The number of rotatable bonds is 8. The normalized spacial score (nSPS) is 28.2. The van der Waals surface area contributed by atoms with Crippen LogP contribution in [0.25, 0.3) is 0 Å². The van der Waals surface area contributed by atoms with Crippen LogP contribution in [0.5, 0.6) is 0 Å². The van der Waals surface area contributed by atoms with E-state index in [0.29, 0.717) is 6.04 Å². The fourth-order valence-electron chi connectivity index (χ4n) is 3.35. The minimum Gasteiger partial charge on any atom is -0.271 e. The molecule has 0 heterocycles. The van der Waals surface area contributed by atoms with Crippen LogP contribution >= 0.6 is 0 Å². The standard InChI is InChI=1S/C15H32N2/c1-4-6-7-13(5-2)11-15(17-16)14-9-8-12(3)10-14/h12-15,17H,4-11,16H2,1-3H3. The Morgan fingerprint density at radius 3 is 2.53 bits per heavy atom. The van der Waals surface area contributed by atoms with Gasteiger partial charge < -0.3 is 0 Å². The van der Waals surface area contributed by atoms with Gasteiger partial charge in [0.25, 0.3) is 0 Å². The molecule has 2 nitrogen and oxygen atoms in total. The molecule has 1 aliphatic carbocycles. The molecule has 0 aliphatic heterocycles. The van der Waals surface area contributed by atoms with E-state index < -0.39 is 0 Å². The summed E-state index contributed by atoms with van der Waals surface area (Å²) in [5.41, 5.74) is 3.11. The third-order valence-electron chi connectivity index (χ3n) is 4.65. The van der Waals surface area contributed by atoms with Crippen molar-refractivity contribution in [1.29, 1.82) is 0 Å². The summed E-state index contributed by atoms with van der Waals surface area (Å²) in [4.78, 5) is 0. The SMILES string of the molecule is CCCCC(CC)CC(NN)C1CCC(C)C1. The fraction of sp³-hybridized carbons (Fsp3) is 1.00. The molecule has 1 saturated carbocycles. The number of nitrogens with two attached hydrogens (primary N) is 1. The highest BCUT2D eigenvalue weighted by atomic mass is 15.2. The van der Waals surface area contributed by atoms with Crippen molar-refractivity contribution in [2.45, 2.75) is 78.2 Å². The summed E-state index contributed by atoms with van der Waals surface area (Å²) >= 11 is 0. The predicted molar refractivity (Wildman–Crippen MR) is 75.5 cm³/mol. The van der Waals surface area contributed by atoms with E-state index in [1.165, 1.54) is 51.4 Å². The first kappa shape index (κ1) is 15.0. The second-order valence-corrected chi connectivity index (χ2v) is 6.10. The van der Waals surface area contributed by atoms with Crippen LogP contribution in [0.4, 0.5) is 0 Å². The van der Waals surface area contributed by atoms with Crippen LogP contribution in [0, 0.1) is 17.8 Å². The van der Waals surface area contributed by atoms with Gasteiger partial charge in [0.1, 0.15) is 0 Å². The quantitative estimate of drug-likeness (QED) is 0.499. The van der Waals surface area contributed by atoms with Crippen LogP contribution in [-0.4, -0.2) is 6.04 Å². The van der Waals surface area contributed by atoms with E-state index in [-0.39, 0.29) is 0 Å². The molecule has 0 spiro atoms. The summed E-state index contributed by atoms with van der Waals surface area (Å²) in [7, 11) is 0. The van der Waals surface area contributed by atoms with E-state index in [4.69, 9.17) is 5.84 Å². The third-order valence-corrected chi connectivity index (χ3v) is 4.65. The highest BCUT2D eigenvalue weighted by Gasteiger charge is 2.29. The van der Waals surface area contributed by atoms with Gasteiger partial charge in [0, 0.05) is 6.04 Å². The van der Waals surface area contributed by atoms with Gasteiger partial charge >= 0.3 is 0 Å². The maximum atomic E-state index is 5.78. The monoisotopic (exact) mass is 240 g/mol. The van der Waals surface area contributed by atoms with E-state index >= 15 is 0 Å². The Morgan fingerprint density at radius 2 is 2.06 bits per heavy atom. The second-order valence-electron chi connectivity index (χ2n) is 6.10. The first-order valence-corrected chi connectivity index (χ1v) is 7.67. The highest BCUT2D eigenvalue weighted by molar-refractivity contribution is 4.83. The van der Waals surface area contributed by atoms with Crippen LogP contribution in [0.15, 0.2) is 0 Å². The minimum absolute atomic E-state index is 0.557. The largest absolute Gasteiger partial charge is 0.271 e. The molecule has 1 rings (SSSR count). The van der Waals surface area contributed by atoms with E-state index in [1.54, 1.807) is 0 Å². The molecule has 0 aromatic carbocycles. The Bertz CT molecular complexity index is 193. The Balaban J connectivity index is 2.38. The Kier molecular flexibility index (Phi) is 7.14. The van der Waals surface area contributed by atoms with Gasteiger partial charge in [0.2, 0.25) is 0 Å². The molecule has 4 atom stereocenters. The number of hydrazine groups is 1. The summed E-state index contributed by atoms with van der Waals surface area (Å²) in [6.07, 6.45) is 10.8. The maximum Gasteiger partial charge on any atom is 0.0241 e. The zero-order chi connectivity index (χ0) is 12.7. The smallest absolute Gasteiger partial charge is 0.0241 e. The molecule has 1 fully saturated rings. The molecule has 17 heavy (non-hydrogen) atoms. The van der Waals surface area contributed by atoms with Gasteiger partial charge in [-0.15, -0.1) is 0 Å². The number of hydrogen-bond donors (Lipinski definition) is 2. The zero-order valence-electron chi connectivity index (χ0n) is 12.0. The van der Waals surface area contributed by atoms with Crippen molar-refractivity contribution in [3.8, 4) is 0 Å². The van der Waals surface area contributed by atoms with Gasteiger partial charge in [-0.05, 0) is 37.0 Å². The molecule has 0 radical (unpaired) electrons. The van der Waals surface area contributed by atoms with Crippen LogP contribution in [0.2, 0.25) is 0 Å². The zero-order valence-corrected chi connectivity index (χ0v) is 12.0. The first-order valence-electron chi connectivity index (χ1n) is 7.67. The second kappa shape index (κ2) is 8.10. The van der Waals surface area contributed by atoms with Gasteiger partial charge in [-0.25, -0.2) is 0 Å². The van der Waals surface area contributed by atoms with Crippen molar-refractivity contribution in [2.24, 2.45) is 23.6 Å². The molecule has 1 aliphatic rings. The van der Waals surface area contributed by atoms with Crippen LogP contribution in [0.1, 0.15) is 72.1 Å². The Morgan fingerprint density at radius 1 is 1.29 bits per heavy atom. The molecule has 0 saturated heterocycles. The molecule has 0 bridgehead atoms. The summed E-state index contributed by atoms with van der Waals surface area (Å²) in [5.74, 6) is 8.38. The van der Waals surface area contributed by atoms with Crippen molar-refractivity contribution in [1.82, 2.24) is 5.43 Å². The van der Waals surface area contributed by atoms with E-state index in [9.17, 15) is 0 Å². The lowest BCUT2D eigenvalue weighted by atomic mass is 9.85. The van der Waals surface area contributed by atoms with E-state index in [1.807, 2.05) is 0 Å². The third kappa shape index (κ3) is 4.97. The lowest BCUT2D eigenvalue weighted by molar-refractivity contribution is 0.275. The first-order chi connectivity index (χ1) is 8.21. The summed E-state index contributed by atoms with van der Waals surface area (Å²) < 4.78 is 0. The highest BCUT2D eigenvalue weighted by Crippen LogP contribution is 2.35. The molecule has 2 heteroatoms. The van der Waals surface area contributed by atoms with Gasteiger partial charge in [0.05, 0.1) is 0 Å². The predicted octanol–water partition coefficient (Wildman–Crippen LogP) is 3.86. The molecule has 0 amide bonds. The van der Waals surface area contributed by atoms with Gasteiger partial charge in [0.15, 0.2) is 0 Å². The van der Waals surface area contributed by atoms with Crippen molar-refractivity contribution < 1.29 is 0 Å². The average Bonchev–Trinajstić information content (AvgIpc) is 2.76. The summed E-state index contributed by atoms with van der Waals surface area (Å²) in [5, 5.41) is 0. The van der Waals surface area contributed by atoms with E-state index in [0.717, 1.165) is 17.8 Å². The topological polar surface area (TPSA) is 38.0 Å². The van der Waals surface area contributed by atoms with Gasteiger partial charge in [-0.3, -0.25) is 11.3 Å². The Labute approximate surface area is 108 Å². The van der Waals surface area contributed by atoms with E-state index in [2.05, 4.69) is 26.2 Å². The van der Waals surface area contributed by atoms with Crippen molar-refractivity contribution >= 4 is 0 Å². The molecule has 0 aromatic rings. The van der Waals surface area contributed by atoms with Gasteiger partial charge in [-0.1, -0.05) is 52.9 Å². The number of nitrogens with one attached hydrogen (secondary N) is 1. The summed E-state index contributed by atoms with van der Waals surface area (Å²) in [6.45, 7) is 6.98. The molecule has 102 valence electrons. The Hall–Kier alpha value is -0.0800. The molecular formula is C15H32N2. The van der Waals surface area contributed by atoms with Crippen LogP contribution in [-0.2, 0) is 0 Å². The van der Waals surface area contributed by atoms with Crippen LogP contribution in [0.3, 0.4) is 0 Å². The molecule has 0 aromatic heterocycles. The fourth-order valence-corrected chi connectivity index (χ4v) is 3.35. The minimum atomic E-state index is 0.557. The van der Waals surface area contributed by atoms with Gasteiger partial charge in [-0.2, -0.15) is 0 Å². The van der Waals surface area contributed by atoms with Crippen molar-refractivity contribution in [2.75, 3.05) is 0 Å². The molecule has 3 N–H and O–H groups in total. The maximum absolute atomic E-state index is 5.78. The number of hydrogen-bond acceptors (Lipinski definition) is 2. The summed E-state index contributed by atoms with van der Waals surface area (Å²) in [6, 6.07) is 0.557. The molecular weight excluding hydrogens is 208 g/mol. The van der Waals surface area contributed by atoms with Crippen LogP contribution < -0.4 is 11.3 Å². The van der Waals surface area contributed by atoms with Crippen molar-refractivity contribution in [3.05, 3.63) is 0 Å².